The van der Waals surface area contributed by atoms with Gasteiger partial charge in [0, 0.05) is 18.5 Å². The third kappa shape index (κ3) is 1.62. The molecule has 16 heavy (non-hydrogen) atoms. The predicted molar refractivity (Wildman–Crippen MR) is 57.9 cm³/mol. The number of anilines is 1. The van der Waals surface area contributed by atoms with E-state index in [-0.39, 0.29) is 24.7 Å². The van der Waals surface area contributed by atoms with Crippen molar-refractivity contribution >= 4 is 17.4 Å². The molecule has 0 saturated heterocycles. The van der Waals surface area contributed by atoms with Gasteiger partial charge < -0.3 is 4.90 Å². The smallest absolute Gasteiger partial charge is 0.250 e. The van der Waals surface area contributed by atoms with Crippen LogP contribution in [0.2, 0.25) is 0 Å². The van der Waals surface area contributed by atoms with Crippen molar-refractivity contribution in [3.63, 3.8) is 0 Å². The highest BCUT2D eigenvalue weighted by atomic mass is 19.1. The van der Waals surface area contributed by atoms with Crippen LogP contribution in [-0.2, 0) is 4.79 Å². The van der Waals surface area contributed by atoms with Gasteiger partial charge in [-0.2, -0.15) is 0 Å². The maximum atomic E-state index is 13.1. The van der Waals surface area contributed by atoms with E-state index in [0.29, 0.717) is 11.3 Å². The van der Waals surface area contributed by atoms with Gasteiger partial charge in [-0.05, 0) is 24.3 Å². The number of Topliss-reactive ketones (excluding diaryl/α,β-unsaturated/α-hetero) is 1. The van der Waals surface area contributed by atoms with Gasteiger partial charge in [0.15, 0.2) is 5.78 Å². The Morgan fingerprint density at radius 2 is 2.25 bits per heavy atom. The van der Waals surface area contributed by atoms with Gasteiger partial charge in [-0.1, -0.05) is 6.58 Å². The minimum Gasteiger partial charge on any atom is -0.308 e. The lowest BCUT2D eigenvalue weighted by atomic mass is 10.00. The normalized spacial score (nSPS) is 14.6. The first-order chi connectivity index (χ1) is 7.63. The Labute approximate surface area is 92.2 Å². The molecule has 0 radical (unpaired) electrons. The first-order valence-corrected chi connectivity index (χ1v) is 4.90. The summed E-state index contributed by atoms with van der Waals surface area (Å²) >= 11 is 0. The van der Waals surface area contributed by atoms with Crippen LogP contribution in [0.5, 0.6) is 0 Å². The van der Waals surface area contributed by atoms with Crippen molar-refractivity contribution in [1.82, 2.24) is 0 Å². The molecular weight excluding hydrogens is 209 g/mol. The highest BCUT2D eigenvalue weighted by Gasteiger charge is 2.26. The van der Waals surface area contributed by atoms with E-state index in [2.05, 4.69) is 6.58 Å². The van der Waals surface area contributed by atoms with Crippen LogP contribution >= 0.6 is 0 Å². The lowest BCUT2D eigenvalue weighted by molar-refractivity contribution is -0.114. The summed E-state index contributed by atoms with van der Waals surface area (Å²) in [4.78, 5) is 24.5. The van der Waals surface area contributed by atoms with Crippen LogP contribution in [0.25, 0.3) is 0 Å². The van der Waals surface area contributed by atoms with Crippen LogP contribution < -0.4 is 4.90 Å². The summed E-state index contributed by atoms with van der Waals surface area (Å²) in [7, 11) is 0. The van der Waals surface area contributed by atoms with Gasteiger partial charge in [0.2, 0.25) is 5.91 Å². The van der Waals surface area contributed by atoms with Crippen molar-refractivity contribution in [2.75, 3.05) is 11.4 Å². The Morgan fingerprint density at radius 3 is 2.94 bits per heavy atom. The zero-order chi connectivity index (χ0) is 11.7. The molecule has 0 bridgehead atoms. The third-order valence-corrected chi connectivity index (χ3v) is 2.55. The number of carbonyl (C=O) groups is 2. The van der Waals surface area contributed by atoms with Crippen LogP contribution in [0.3, 0.4) is 0 Å². The molecule has 0 aliphatic carbocycles. The van der Waals surface area contributed by atoms with Gasteiger partial charge in [-0.25, -0.2) is 4.39 Å². The summed E-state index contributed by atoms with van der Waals surface area (Å²) in [6.07, 6.45) is 1.42. The third-order valence-electron chi connectivity index (χ3n) is 2.55. The number of ketones is 1. The fraction of sp³-hybridized carbons (Fsp3) is 0.167. The van der Waals surface area contributed by atoms with Gasteiger partial charge in [0.05, 0.1) is 5.69 Å². The fourth-order valence-corrected chi connectivity index (χ4v) is 1.77. The molecule has 0 saturated carbocycles. The molecule has 1 aliphatic heterocycles. The van der Waals surface area contributed by atoms with E-state index in [1.165, 1.54) is 23.1 Å². The van der Waals surface area contributed by atoms with Gasteiger partial charge in [0.1, 0.15) is 5.82 Å². The lowest BCUT2D eigenvalue weighted by Crippen LogP contribution is -2.36. The second kappa shape index (κ2) is 3.89. The minimum atomic E-state index is -0.463. The summed E-state index contributed by atoms with van der Waals surface area (Å²) in [5.41, 5.74) is 0.726. The average molecular weight is 219 g/mol. The van der Waals surface area contributed by atoms with Crippen molar-refractivity contribution < 1.29 is 14.0 Å². The molecule has 3 nitrogen and oxygen atoms in total. The molecule has 0 atom stereocenters. The van der Waals surface area contributed by atoms with E-state index in [4.69, 9.17) is 0 Å². The van der Waals surface area contributed by atoms with Crippen LogP contribution in [0.1, 0.15) is 16.8 Å². The molecule has 82 valence electrons. The molecular formula is C12H10FNO2. The highest BCUT2D eigenvalue weighted by molar-refractivity contribution is 6.11. The second-order valence-corrected chi connectivity index (χ2v) is 3.53. The molecule has 1 aromatic carbocycles. The van der Waals surface area contributed by atoms with Crippen molar-refractivity contribution in [3.05, 3.63) is 42.2 Å². The average Bonchev–Trinajstić information content (AvgIpc) is 2.28. The Balaban J connectivity index is 2.53. The Morgan fingerprint density at radius 1 is 1.50 bits per heavy atom. The monoisotopic (exact) mass is 219 g/mol. The quantitative estimate of drug-likeness (QED) is 0.677. The Bertz CT molecular complexity index is 482. The summed E-state index contributed by atoms with van der Waals surface area (Å²) in [5, 5.41) is 0. The predicted octanol–water partition coefficient (Wildman–Crippen LogP) is 1.93. The maximum Gasteiger partial charge on any atom is 0.250 e. The van der Waals surface area contributed by atoms with E-state index in [1.54, 1.807) is 0 Å². The van der Waals surface area contributed by atoms with Gasteiger partial charge >= 0.3 is 0 Å². The van der Waals surface area contributed by atoms with Crippen molar-refractivity contribution in [1.29, 1.82) is 0 Å². The number of benzene rings is 1. The summed E-state index contributed by atoms with van der Waals surface area (Å²) in [6.45, 7) is 3.66. The van der Waals surface area contributed by atoms with Gasteiger partial charge in [-0.3, -0.25) is 9.59 Å². The first kappa shape index (κ1) is 10.5. The second-order valence-electron chi connectivity index (χ2n) is 3.53. The molecule has 0 aromatic heterocycles. The van der Waals surface area contributed by atoms with Crippen LogP contribution in [-0.4, -0.2) is 18.2 Å². The van der Waals surface area contributed by atoms with Crippen LogP contribution in [0.15, 0.2) is 30.9 Å². The Hall–Kier alpha value is -1.97. The number of nitrogens with zero attached hydrogens (tertiary/aromatic N) is 1. The summed E-state index contributed by atoms with van der Waals surface area (Å²) in [5.74, 6) is -0.849. The van der Waals surface area contributed by atoms with Crippen molar-refractivity contribution in [2.45, 2.75) is 6.42 Å². The zero-order valence-electron chi connectivity index (χ0n) is 8.57. The van der Waals surface area contributed by atoms with Crippen molar-refractivity contribution in [2.24, 2.45) is 0 Å². The van der Waals surface area contributed by atoms with Crippen LogP contribution in [0, 0.1) is 5.82 Å². The number of amides is 1. The first-order valence-electron chi connectivity index (χ1n) is 4.90. The van der Waals surface area contributed by atoms with E-state index >= 15 is 0 Å². The molecule has 0 spiro atoms. The topological polar surface area (TPSA) is 37.4 Å². The number of halogens is 1. The van der Waals surface area contributed by atoms with Crippen LogP contribution in [0.4, 0.5) is 10.1 Å². The zero-order valence-corrected chi connectivity index (χ0v) is 8.57. The van der Waals surface area contributed by atoms with E-state index in [0.717, 1.165) is 6.08 Å². The standard InChI is InChI=1S/C12H10FNO2/c1-2-12(16)14-6-5-11(15)9-4-3-8(13)7-10(9)14/h2-4,7H,1,5-6H2. The highest BCUT2D eigenvalue weighted by Crippen LogP contribution is 2.27. The largest absolute Gasteiger partial charge is 0.308 e. The molecule has 1 amide bonds. The number of carbonyl (C=O) groups excluding carboxylic acids is 2. The van der Waals surface area contributed by atoms with Gasteiger partial charge in [-0.15, -0.1) is 0 Å². The molecule has 1 aromatic rings. The summed E-state index contributed by atoms with van der Waals surface area (Å²) < 4.78 is 13.1. The molecule has 0 unspecified atom stereocenters. The minimum absolute atomic E-state index is 0.0666. The number of rotatable bonds is 1. The Kier molecular flexibility index (Phi) is 2.56. The molecule has 1 aliphatic rings. The number of hydrogen-bond acceptors (Lipinski definition) is 2. The van der Waals surface area contributed by atoms with E-state index in [1.807, 2.05) is 0 Å². The number of hydrogen-bond donors (Lipinski definition) is 0. The van der Waals surface area contributed by atoms with Crippen molar-refractivity contribution in [3.8, 4) is 0 Å². The lowest BCUT2D eigenvalue weighted by Gasteiger charge is -2.27. The number of fused-ring (bicyclic) bond motifs is 1. The SMILES string of the molecule is C=CC(=O)N1CCC(=O)c2ccc(F)cc21. The molecule has 2 rings (SSSR count). The van der Waals surface area contributed by atoms with E-state index in [9.17, 15) is 14.0 Å². The molecule has 1 heterocycles. The van der Waals surface area contributed by atoms with Gasteiger partial charge in [0.25, 0.3) is 0 Å². The molecule has 0 N–H and O–H groups in total. The summed E-state index contributed by atoms with van der Waals surface area (Å²) in [6, 6.07) is 3.84. The fourth-order valence-electron chi connectivity index (χ4n) is 1.77. The molecule has 0 fully saturated rings. The molecule has 4 heteroatoms. The maximum absolute atomic E-state index is 13.1. The van der Waals surface area contributed by atoms with E-state index < -0.39 is 5.82 Å².